The summed E-state index contributed by atoms with van der Waals surface area (Å²) >= 11 is 0. The molecular formula is C8H22N4. The van der Waals surface area contributed by atoms with Crippen LogP contribution < -0.4 is 22.9 Å². The first-order valence-electron chi connectivity index (χ1n) is 4.62. The highest BCUT2D eigenvalue weighted by molar-refractivity contribution is 4.75. The molecule has 4 heteroatoms. The number of hydrogen-bond acceptors (Lipinski definition) is 4. The molecule has 4 nitrogen and oxygen atoms in total. The summed E-state index contributed by atoms with van der Waals surface area (Å²) in [7, 11) is 0. The second-order valence-electron chi connectivity index (χ2n) is 3.25. The summed E-state index contributed by atoms with van der Waals surface area (Å²) in [6.45, 7) is 1.19. The smallest absolute Gasteiger partial charge is 0.00461 e. The van der Waals surface area contributed by atoms with Gasteiger partial charge in [0.15, 0.2) is 0 Å². The average Bonchev–Trinajstić information content (AvgIpc) is 2.11. The van der Waals surface area contributed by atoms with Crippen molar-refractivity contribution < 1.29 is 0 Å². The lowest BCUT2D eigenvalue weighted by molar-refractivity contribution is 0.395. The van der Waals surface area contributed by atoms with E-state index in [1.165, 1.54) is 0 Å². The number of nitrogens with two attached hydrogens (primary N) is 4. The molecule has 0 aliphatic heterocycles. The molecule has 0 amide bonds. The van der Waals surface area contributed by atoms with Gasteiger partial charge in [0.2, 0.25) is 0 Å². The van der Waals surface area contributed by atoms with E-state index in [9.17, 15) is 0 Å². The maximum absolute atomic E-state index is 5.64. The Labute approximate surface area is 74.7 Å². The van der Waals surface area contributed by atoms with Crippen molar-refractivity contribution in [3.8, 4) is 0 Å². The first-order valence-corrected chi connectivity index (χ1v) is 4.62. The second kappa shape index (κ2) is 7.49. The van der Waals surface area contributed by atoms with Crippen LogP contribution in [0, 0.1) is 0 Å². The van der Waals surface area contributed by atoms with Crippen LogP contribution in [0.1, 0.15) is 25.7 Å². The normalized spacial score (nSPS) is 29.0. The van der Waals surface area contributed by atoms with Gasteiger partial charge in [-0.05, 0) is 25.7 Å². The minimum atomic E-state index is 0.440. The fourth-order valence-corrected chi connectivity index (χ4v) is 1.14. The van der Waals surface area contributed by atoms with Crippen molar-refractivity contribution in [3.63, 3.8) is 0 Å². The standard InChI is InChI=1S/C6H14N2.C2H8N2/c7-5-1-2-6(8)4-3-5;3-1-2-4/h5-6H,1-4,7-8H2;1-4H2. The number of hydrogen-bond donors (Lipinski definition) is 4. The quantitative estimate of drug-likeness (QED) is 0.414. The topological polar surface area (TPSA) is 104 Å². The fraction of sp³-hybridized carbons (Fsp3) is 1.00. The summed E-state index contributed by atoms with van der Waals surface area (Å²) in [5, 5.41) is 0. The van der Waals surface area contributed by atoms with Crippen molar-refractivity contribution in [2.45, 2.75) is 37.8 Å². The van der Waals surface area contributed by atoms with E-state index in [0.29, 0.717) is 25.2 Å². The van der Waals surface area contributed by atoms with Crippen LogP contribution in [0.2, 0.25) is 0 Å². The summed E-state index contributed by atoms with van der Waals surface area (Å²) in [4.78, 5) is 0. The Morgan fingerprint density at radius 1 is 0.750 bits per heavy atom. The van der Waals surface area contributed by atoms with E-state index in [1.807, 2.05) is 0 Å². The third-order valence-electron chi connectivity index (χ3n) is 1.98. The molecule has 1 fully saturated rings. The van der Waals surface area contributed by atoms with Gasteiger partial charge in [-0.15, -0.1) is 0 Å². The van der Waals surface area contributed by atoms with Crippen LogP contribution >= 0.6 is 0 Å². The molecule has 0 spiro atoms. The predicted molar refractivity (Wildman–Crippen MR) is 52.5 cm³/mol. The monoisotopic (exact) mass is 174 g/mol. The van der Waals surface area contributed by atoms with E-state index in [2.05, 4.69) is 0 Å². The summed E-state index contributed by atoms with van der Waals surface area (Å²) in [5.41, 5.74) is 21.1. The Morgan fingerprint density at radius 3 is 1.17 bits per heavy atom. The minimum absolute atomic E-state index is 0.440. The molecule has 0 radical (unpaired) electrons. The van der Waals surface area contributed by atoms with Gasteiger partial charge in [0.25, 0.3) is 0 Å². The Hall–Kier alpha value is -0.160. The SMILES string of the molecule is NC1CCC(N)CC1.NCCN. The molecule has 1 saturated carbocycles. The Morgan fingerprint density at radius 2 is 1.00 bits per heavy atom. The van der Waals surface area contributed by atoms with Crippen molar-refractivity contribution in [3.05, 3.63) is 0 Å². The molecule has 0 aromatic heterocycles. The van der Waals surface area contributed by atoms with Gasteiger partial charge in [-0.2, -0.15) is 0 Å². The molecule has 0 aromatic carbocycles. The zero-order valence-electron chi connectivity index (χ0n) is 7.71. The molecular weight excluding hydrogens is 152 g/mol. The molecule has 1 aliphatic rings. The zero-order valence-corrected chi connectivity index (χ0v) is 7.71. The van der Waals surface area contributed by atoms with Gasteiger partial charge < -0.3 is 22.9 Å². The van der Waals surface area contributed by atoms with Gasteiger partial charge in [0, 0.05) is 25.2 Å². The van der Waals surface area contributed by atoms with Crippen LogP contribution in [0.5, 0.6) is 0 Å². The molecule has 0 saturated heterocycles. The third-order valence-corrected chi connectivity index (χ3v) is 1.98. The highest BCUT2D eigenvalue weighted by atomic mass is 14.7. The van der Waals surface area contributed by atoms with E-state index in [-0.39, 0.29) is 0 Å². The molecule has 0 unspecified atom stereocenters. The third kappa shape index (κ3) is 6.54. The largest absolute Gasteiger partial charge is 0.329 e. The van der Waals surface area contributed by atoms with Crippen LogP contribution in [0.4, 0.5) is 0 Å². The number of rotatable bonds is 1. The van der Waals surface area contributed by atoms with Crippen LogP contribution in [0.25, 0.3) is 0 Å². The predicted octanol–water partition coefficient (Wildman–Crippen LogP) is -0.881. The molecule has 8 N–H and O–H groups in total. The maximum Gasteiger partial charge on any atom is 0.00461 e. The lowest BCUT2D eigenvalue weighted by Gasteiger charge is -2.22. The van der Waals surface area contributed by atoms with Crippen molar-refractivity contribution >= 4 is 0 Å². The van der Waals surface area contributed by atoms with Crippen LogP contribution in [-0.2, 0) is 0 Å². The molecule has 0 heterocycles. The molecule has 1 aliphatic carbocycles. The first kappa shape index (κ1) is 11.8. The highest BCUT2D eigenvalue weighted by Crippen LogP contribution is 2.14. The maximum atomic E-state index is 5.64. The van der Waals surface area contributed by atoms with E-state index < -0.39 is 0 Å². The fourth-order valence-electron chi connectivity index (χ4n) is 1.14. The molecule has 1 rings (SSSR count). The highest BCUT2D eigenvalue weighted by Gasteiger charge is 2.13. The Balaban J connectivity index is 0.000000261. The zero-order chi connectivity index (χ0) is 9.40. The summed E-state index contributed by atoms with van der Waals surface area (Å²) in [5.74, 6) is 0. The van der Waals surface area contributed by atoms with E-state index in [4.69, 9.17) is 22.9 Å². The second-order valence-corrected chi connectivity index (χ2v) is 3.25. The molecule has 0 atom stereocenters. The van der Waals surface area contributed by atoms with Gasteiger partial charge >= 0.3 is 0 Å². The van der Waals surface area contributed by atoms with Crippen LogP contribution in [-0.4, -0.2) is 25.2 Å². The van der Waals surface area contributed by atoms with Crippen molar-refractivity contribution in [1.82, 2.24) is 0 Å². The van der Waals surface area contributed by atoms with E-state index >= 15 is 0 Å². The van der Waals surface area contributed by atoms with Crippen molar-refractivity contribution in [2.75, 3.05) is 13.1 Å². The summed E-state index contributed by atoms with van der Waals surface area (Å²) in [6, 6.07) is 0.879. The van der Waals surface area contributed by atoms with Crippen LogP contribution in [0.3, 0.4) is 0 Å². The minimum Gasteiger partial charge on any atom is -0.329 e. The Kier molecular flexibility index (Phi) is 7.39. The molecule has 0 aromatic rings. The summed E-state index contributed by atoms with van der Waals surface area (Å²) < 4.78 is 0. The Bertz CT molecular complexity index is 77.1. The van der Waals surface area contributed by atoms with Gasteiger partial charge in [-0.1, -0.05) is 0 Å². The van der Waals surface area contributed by atoms with Crippen LogP contribution in [0.15, 0.2) is 0 Å². The average molecular weight is 174 g/mol. The van der Waals surface area contributed by atoms with Gasteiger partial charge in [0.1, 0.15) is 0 Å². The van der Waals surface area contributed by atoms with Gasteiger partial charge in [0.05, 0.1) is 0 Å². The molecule has 0 bridgehead atoms. The van der Waals surface area contributed by atoms with Gasteiger partial charge in [-0.3, -0.25) is 0 Å². The lowest BCUT2D eigenvalue weighted by atomic mass is 9.93. The van der Waals surface area contributed by atoms with Crippen molar-refractivity contribution in [2.24, 2.45) is 22.9 Å². The molecule has 74 valence electrons. The van der Waals surface area contributed by atoms with E-state index in [1.54, 1.807) is 0 Å². The lowest BCUT2D eigenvalue weighted by Crippen LogP contribution is -2.33. The molecule has 12 heavy (non-hydrogen) atoms. The first-order chi connectivity index (χ1) is 5.70. The van der Waals surface area contributed by atoms with E-state index in [0.717, 1.165) is 25.7 Å². The van der Waals surface area contributed by atoms with Gasteiger partial charge in [-0.25, -0.2) is 0 Å². The summed E-state index contributed by atoms with van der Waals surface area (Å²) in [6.07, 6.45) is 4.50. The van der Waals surface area contributed by atoms with Crippen molar-refractivity contribution in [1.29, 1.82) is 0 Å².